The van der Waals surface area contributed by atoms with Crippen LogP contribution in [0.15, 0.2) is 36.5 Å². The summed E-state index contributed by atoms with van der Waals surface area (Å²) in [5.74, 6) is -0.0417. The number of pyridine rings is 1. The van der Waals surface area contributed by atoms with Gasteiger partial charge in [-0.1, -0.05) is 24.3 Å². The number of aromatic nitrogens is 1. The Morgan fingerprint density at radius 2 is 1.96 bits per heavy atom. The first-order valence-corrected chi connectivity index (χ1v) is 10.4. The van der Waals surface area contributed by atoms with Crippen LogP contribution in [0.25, 0.3) is 10.8 Å². The molecule has 7 heteroatoms. The van der Waals surface area contributed by atoms with Gasteiger partial charge in [0, 0.05) is 30.7 Å². The Bertz CT molecular complexity index is 928. The third-order valence-electron chi connectivity index (χ3n) is 5.47. The molecule has 2 aromatic rings. The molecule has 1 N–H and O–H groups in total. The number of hydrogen-bond acceptors (Lipinski definition) is 4. The van der Waals surface area contributed by atoms with Gasteiger partial charge in [0.05, 0.1) is 6.26 Å². The molecule has 1 spiro atoms. The van der Waals surface area contributed by atoms with Gasteiger partial charge in [0.15, 0.2) is 0 Å². The second-order valence-electron chi connectivity index (χ2n) is 7.18. The Morgan fingerprint density at radius 3 is 2.68 bits per heavy atom. The predicted octanol–water partition coefficient (Wildman–Crippen LogP) is 1.78. The lowest BCUT2D eigenvalue weighted by molar-refractivity contribution is 0.0670. The van der Waals surface area contributed by atoms with Gasteiger partial charge in [-0.05, 0) is 36.1 Å². The van der Waals surface area contributed by atoms with Crippen LogP contribution in [0.1, 0.15) is 29.8 Å². The van der Waals surface area contributed by atoms with Crippen LogP contribution in [-0.2, 0) is 10.0 Å². The summed E-state index contributed by atoms with van der Waals surface area (Å²) in [5.41, 5.74) is 0.530. The maximum Gasteiger partial charge on any atom is 0.273 e. The Kier molecular flexibility index (Phi) is 3.81. The molecule has 2 aliphatic rings. The molecule has 1 aliphatic heterocycles. The molecule has 2 heterocycles. The maximum atomic E-state index is 12.9. The number of amides is 1. The number of nitrogens with zero attached hydrogens (tertiary/aromatic N) is 2. The number of fused-ring (bicyclic) bond motifs is 1. The van der Waals surface area contributed by atoms with E-state index in [4.69, 9.17) is 0 Å². The number of hydrogen-bond donors (Lipinski definition) is 1. The van der Waals surface area contributed by atoms with Crippen LogP contribution in [0.4, 0.5) is 0 Å². The number of piperidine rings is 1. The van der Waals surface area contributed by atoms with Gasteiger partial charge in [-0.2, -0.15) is 0 Å². The zero-order valence-corrected chi connectivity index (χ0v) is 14.9. The summed E-state index contributed by atoms with van der Waals surface area (Å²) in [6.07, 6.45) is 5.40. The molecule has 1 aromatic heterocycles. The molecule has 4 rings (SSSR count). The summed E-state index contributed by atoms with van der Waals surface area (Å²) in [6.45, 7) is 1.29. The van der Waals surface area contributed by atoms with E-state index in [9.17, 15) is 13.2 Å². The topological polar surface area (TPSA) is 79.4 Å². The van der Waals surface area contributed by atoms with Crippen LogP contribution in [-0.4, -0.2) is 49.6 Å². The molecular weight excluding hydrogens is 338 g/mol. The molecule has 2 fully saturated rings. The van der Waals surface area contributed by atoms with Crippen LogP contribution in [0.2, 0.25) is 0 Å². The van der Waals surface area contributed by atoms with Crippen molar-refractivity contribution in [3.63, 3.8) is 0 Å². The van der Waals surface area contributed by atoms with Crippen molar-refractivity contribution in [2.45, 2.75) is 25.3 Å². The number of benzene rings is 1. The molecule has 1 saturated carbocycles. The first-order valence-electron chi connectivity index (χ1n) is 8.48. The first kappa shape index (κ1) is 16.5. The zero-order chi connectivity index (χ0) is 17.7. The maximum absolute atomic E-state index is 12.9. The average Bonchev–Trinajstić information content (AvgIpc) is 3.23. The second kappa shape index (κ2) is 5.78. The minimum Gasteiger partial charge on any atom is -0.337 e. The van der Waals surface area contributed by atoms with E-state index in [0.717, 1.165) is 30.0 Å². The van der Waals surface area contributed by atoms with Gasteiger partial charge >= 0.3 is 0 Å². The number of carbonyl (C=O) groups excluding carboxylic acids is 1. The molecule has 0 bridgehead atoms. The van der Waals surface area contributed by atoms with Crippen molar-refractivity contribution < 1.29 is 13.2 Å². The summed E-state index contributed by atoms with van der Waals surface area (Å²) in [4.78, 5) is 19.1. The van der Waals surface area contributed by atoms with E-state index in [0.29, 0.717) is 18.8 Å². The van der Waals surface area contributed by atoms with E-state index in [2.05, 4.69) is 9.71 Å². The van der Waals surface area contributed by atoms with Crippen molar-refractivity contribution in [1.82, 2.24) is 14.6 Å². The molecule has 1 unspecified atom stereocenters. The van der Waals surface area contributed by atoms with Crippen molar-refractivity contribution in [2.75, 3.05) is 19.3 Å². The average molecular weight is 359 g/mol. The summed E-state index contributed by atoms with van der Waals surface area (Å²) in [5, 5.41) is 1.88. The highest BCUT2D eigenvalue weighted by Crippen LogP contribution is 2.54. The number of sulfonamides is 1. The zero-order valence-electron chi connectivity index (χ0n) is 14.1. The lowest BCUT2D eigenvalue weighted by atomic mass is 9.92. The minimum atomic E-state index is -3.17. The Balaban J connectivity index is 1.47. The quantitative estimate of drug-likeness (QED) is 0.906. The van der Waals surface area contributed by atoms with Crippen molar-refractivity contribution in [3.05, 3.63) is 42.2 Å². The Hall–Kier alpha value is -1.99. The first-order chi connectivity index (χ1) is 11.9. The number of nitrogens with one attached hydrogen (secondary N) is 1. The van der Waals surface area contributed by atoms with Crippen molar-refractivity contribution in [2.24, 2.45) is 5.41 Å². The van der Waals surface area contributed by atoms with Crippen molar-refractivity contribution in [3.8, 4) is 0 Å². The van der Waals surface area contributed by atoms with Gasteiger partial charge in [-0.15, -0.1) is 0 Å². The van der Waals surface area contributed by atoms with Gasteiger partial charge < -0.3 is 4.90 Å². The molecular formula is C18H21N3O3S. The van der Waals surface area contributed by atoms with E-state index in [1.165, 1.54) is 6.26 Å². The molecule has 1 aliphatic carbocycles. The number of likely N-dealkylation sites (tertiary alicyclic amines) is 1. The SMILES string of the molecule is CS(=O)(=O)NC1CC12CCN(C(=O)c1nccc3ccccc13)CC2. The largest absolute Gasteiger partial charge is 0.337 e. The van der Waals surface area contributed by atoms with Crippen LogP contribution >= 0.6 is 0 Å². The van der Waals surface area contributed by atoms with Gasteiger partial charge in [0.1, 0.15) is 5.69 Å². The lowest BCUT2D eigenvalue weighted by Gasteiger charge is -2.33. The summed E-state index contributed by atoms with van der Waals surface area (Å²) >= 11 is 0. The molecule has 0 radical (unpaired) electrons. The second-order valence-corrected chi connectivity index (χ2v) is 8.96. The smallest absolute Gasteiger partial charge is 0.273 e. The van der Waals surface area contributed by atoms with Gasteiger partial charge in [-0.25, -0.2) is 13.1 Å². The van der Waals surface area contributed by atoms with E-state index < -0.39 is 10.0 Å². The van der Waals surface area contributed by atoms with E-state index >= 15 is 0 Å². The predicted molar refractivity (Wildman–Crippen MR) is 95.7 cm³/mol. The third kappa shape index (κ3) is 3.14. The Labute approximate surface area is 147 Å². The molecule has 1 amide bonds. The summed E-state index contributed by atoms with van der Waals surface area (Å²) in [7, 11) is -3.17. The normalized spacial score (nSPS) is 22.3. The lowest BCUT2D eigenvalue weighted by Crippen LogP contribution is -2.42. The monoisotopic (exact) mass is 359 g/mol. The molecule has 6 nitrogen and oxygen atoms in total. The highest BCUT2D eigenvalue weighted by Gasteiger charge is 2.56. The molecule has 1 atom stereocenters. The molecule has 1 aromatic carbocycles. The fourth-order valence-corrected chi connectivity index (χ4v) is 4.77. The highest BCUT2D eigenvalue weighted by molar-refractivity contribution is 7.88. The third-order valence-corrected chi connectivity index (χ3v) is 6.18. The summed E-state index contributed by atoms with van der Waals surface area (Å²) in [6, 6.07) is 9.69. The molecule has 25 heavy (non-hydrogen) atoms. The van der Waals surface area contributed by atoms with Crippen LogP contribution in [0.3, 0.4) is 0 Å². The number of rotatable bonds is 3. The fourth-order valence-electron chi connectivity index (χ4n) is 3.92. The van der Waals surface area contributed by atoms with Gasteiger partial charge in [-0.3, -0.25) is 9.78 Å². The van der Waals surface area contributed by atoms with Crippen LogP contribution in [0.5, 0.6) is 0 Å². The van der Waals surface area contributed by atoms with Crippen molar-refractivity contribution >= 4 is 26.7 Å². The van der Waals surface area contributed by atoms with E-state index in [1.807, 2.05) is 35.2 Å². The van der Waals surface area contributed by atoms with Gasteiger partial charge in [0.2, 0.25) is 10.0 Å². The molecule has 132 valence electrons. The molecule has 1 saturated heterocycles. The van der Waals surface area contributed by atoms with Crippen LogP contribution < -0.4 is 4.72 Å². The van der Waals surface area contributed by atoms with E-state index in [1.54, 1.807) is 6.20 Å². The highest BCUT2D eigenvalue weighted by atomic mass is 32.2. The number of carbonyl (C=O) groups is 1. The van der Waals surface area contributed by atoms with E-state index in [-0.39, 0.29) is 17.4 Å². The fraction of sp³-hybridized carbons (Fsp3) is 0.444. The Morgan fingerprint density at radius 1 is 1.24 bits per heavy atom. The van der Waals surface area contributed by atoms with Crippen molar-refractivity contribution in [1.29, 1.82) is 0 Å². The minimum absolute atomic E-state index is 0.0235. The standard InChI is InChI=1S/C18H21N3O3S/c1-25(23,24)20-15-12-18(15)7-10-21(11-8-18)17(22)16-14-5-3-2-4-13(14)6-9-19-16/h2-6,9,15,20H,7-8,10-12H2,1H3. The van der Waals surface area contributed by atoms with Gasteiger partial charge in [0.25, 0.3) is 5.91 Å². The summed E-state index contributed by atoms with van der Waals surface area (Å²) < 4.78 is 25.5. The van der Waals surface area contributed by atoms with Crippen LogP contribution in [0, 0.1) is 5.41 Å².